The summed E-state index contributed by atoms with van der Waals surface area (Å²) in [5.41, 5.74) is 1.53. The molecule has 26 heavy (non-hydrogen) atoms. The first kappa shape index (κ1) is 18.2. The van der Waals surface area contributed by atoms with Crippen molar-refractivity contribution >= 4 is 21.5 Å². The predicted molar refractivity (Wildman–Crippen MR) is 96.3 cm³/mol. The second kappa shape index (κ2) is 7.30. The normalized spacial score (nSPS) is 16.0. The molecule has 9 heteroatoms. The molecule has 1 fully saturated rings. The van der Waals surface area contributed by atoms with E-state index in [0.29, 0.717) is 37.6 Å². The molecule has 1 aliphatic heterocycles. The first-order valence-electron chi connectivity index (χ1n) is 7.99. The number of piperazine rings is 1. The first-order valence-corrected chi connectivity index (χ1v) is 9.54. The van der Waals surface area contributed by atoms with Crippen LogP contribution in [0.1, 0.15) is 5.56 Å². The summed E-state index contributed by atoms with van der Waals surface area (Å²) in [5, 5.41) is 17.8. The Bertz CT molecular complexity index is 891. The van der Waals surface area contributed by atoms with Crippen LogP contribution in [0.2, 0.25) is 0 Å². The second-order valence-electron chi connectivity index (χ2n) is 5.94. The number of sulfonamides is 1. The summed E-state index contributed by atoms with van der Waals surface area (Å²) in [7, 11) is -3.70. The van der Waals surface area contributed by atoms with E-state index < -0.39 is 10.0 Å². The van der Waals surface area contributed by atoms with Crippen LogP contribution in [-0.2, 0) is 10.0 Å². The molecule has 0 atom stereocenters. The zero-order valence-electron chi connectivity index (χ0n) is 13.9. The second-order valence-corrected chi connectivity index (χ2v) is 7.50. The van der Waals surface area contributed by atoms with Gasteiger partial charge in [0.2, 0.25) is 10.0 Å². The van der Waals surface area contributed by atoms with Crippen LogP contribution >= 0.6 is 0 Å². The Kier molecular flexibility index (Phi) is 5.10. The molecule has 3 rings (SSSR count). The summed E-state index contributed by atoms with van der Waals surface area (Å²) in [6.45, 7) is 2.53. The van der Waals surface area contributed by atoms with Gasteiger partial charge in [-0.05, 0) is 48.5 Å². The quantitative estimate of drug-likeness (QED) is 0.364. The van der Waals surface area contributed by atoms with E-state index in [1.54, 1.807) is 24.3 Å². The van der Waals surface area contributed by atoms with Crippen molar-refractivity contribution in [2.24, 2.45) is 10.3 Å². The van der Waals surface area contributed by atoms with Crippen LogP contribution in [0.4, 0.5) is 10.1 Å². The molecule has 2 aromatic rings. The van der Waals surface area contributed by atoms with E-state index in [2.05, 4.69) is 10.1 Å². The molecule has 0 amide bonds. The van der Waals surface area contributed by atoms with E-state index >= 15 is 0 Å². The lowest BCUT2D eigenvalue weighted by molar-refractivity contribution is 0.296. The van der Waals surface area contributed by atoms with Gasteiger partial charge in [-0.1, -0.05) is 5.16 Å². The topological polar surface area (TPSA) is 99.2 Å². The summed E-state index contributed by atoms with van der Waals surface area (Å²) in [4.78, 5) is 4.09. The molecule has 0 spiro atoms. The monoisotopic (exact) mass is 378 g/mol. The molecule has 138 valence electrons. The highest BCUT2D eigenvalue weighted by Crippen LogP contribution is 2.20. The fraction of sp³-hybridized carbons (Fsp3) is 0.235. The van der Waals surface area contributed by atoms with E-state index in [9.17, 15) is 18.0 Å². The summed E-state index contributed by atoms with van der Waals surface area (Å²) in [6.07, 6.45) is 0. The van der Waals surface area contributed by atoms with Crippen molar-refractivity contribution in [3.05, 3.63) is 59.9 Å². The van der Waals surface area contributed by atoms with E-state index in [0.717, 1.165) is 5.69 Å². The van der Waals surface area contributed by atoms with Crippen LogP contribution in [0.25, 0.3) is 0 Å². The minimum atomic E-state index is -3.70. The molecule has 0 radical (unpaired) electrons. The van der Waals surface area contributed by atoms with Gasteiger partial charge in [0.05, 0.1) is 4.90 Å². The van der Waals surface area contributed by atoms with Gasteiger partial charge in [-0.25, -0.2) is 17.9 Å². The van der Waals surface area contributed by atoms with Crippen molar-refractivity contribution < 1.29 is 18.0 Å². The summed E-state index contributed by atoms with van der Waals surface area (Å²) in [6, 6.07) is 12.2. The first-order chi connectivity index (χ1) is 12.4. The van der Waals surface area contributed by atoms with Crippen LogP contribution in [0.5, 0.6) is 0 Å². The van der Waals surface area contributed by atoms with Crippen molar-refractivity contribution in [1.82, 2.24) is 4.90 Å². The molecule has 0 unspecified atom stereocenters. The van der Waals surface area contributed by atoms with Crippen LogP contribution in [0.15, 0.2) is 58.6 Å². The van der Waals surface area contributed by atoms with Crippen LogP contribution < -0.4 is 10.0 Å². The highest BCUT2D eigenvalue weighted by molar-refractivity contribution is 7.89. The van der Waals surface area contributed by atoms with Gasteiger partial charge >= 0.3 is 0 Å². The molecule has 0 bridgehead atoms. The Morgan fingerprint density at radius 3 is 2.08 bits per heavy atom. The largest absolute Gasteiger partial charge is 0.409 e. The van der Waals surface area contributed by atoms with Crippen molar-refractivity contribution in [3.63, 3.8) is 0 Å². The van der Waals surface area contributed by atoms with Gasteiger partial charge in [-0.3, -0.25) is 0 Å². The van der Waals surface area contributed by atoms with Gasteiger partial charge < -0.3 is 15.0 Å². The minimum Gasteiger partial charge on any atom is -0.409 e. The number of nitrogens with zero attached hydrogens (tertiary/aromatic N) is 3. The standard InChI is InChI=1S/C17H19FN4O3S/c18-14-3-1-13(2-4-14)17(20-23)22-11-9-21(10-12-22)15-5-7-16(8-6-15)26(19,24)25/h1-8,23H,9-12H2,(H2,19,24,25)/b20-17+. The van der Waals surface area contributed by atoms with Gasteiger partial charge in [0.15, 0.2) is 5.84 Å². The molecule has 0 aliphatic carbocycles. The van der Waals surface area contributed by atoms with Gasteiger partial charge in [0.1, 0.15) is 5.82 Å². The van der Waals surface area contributed by atoms with Crippen molar-refractivity contribution in [1.29, 1.82) is 0 Å². The Hall–Kier alpha value is -2.65. The Labute approximate surface area is 151 Å². The summed E-state index contributed by atoms with van der Waals surface area (Å²) >= 11 is 0. The number of anilines is 1. The lowest BCUT2D eigenvalue weighted by Crippen LogP contribution is -2.49. The molecule has 0 aromatic heterocycles. The summed E-state index contributed by atoms with van der Waals surface area (Å²) < 4.78 is 35.7. The molecular weight excluding hydrogens is 359 g/mol. The number of rotatable bonds is 3. The van der Waals surface area contributed by atoms with E-state index in [4.69, 9.17) is 5.14 Å². The zero-order chi connectivity index (χ0) is 18.7. The average molecular weight is 378 g/mol. The number of halogens is 1. The zero-order valence-corrected chi connectivity index (χ0v) is 14.7. The number of oxime groups is 1. The van der Waals surface area contributed by atoms with Crippen LogP contribution in [-0.4, -0.2) is 50.5 Å². The van der Waals surface area contributed by atoms with Crippen molar-refractivity contribution in [2.45, 2.75) is 4.90 Å². The maximum atomic E-state index is 13.1. The number of amidine groups is 1. The maximum absolute atomic E-state index is 13.1. The number of nitrogens with two attached hydrogens (primary N) is 1. The molecule has 3 N–H and O–H groups in total. The van der Waals surface area contributed by atoms with Crippen LogP contribution in [0.3, 0.4) is 0 Å². The van der Waals surface area contributed by atoms with Gasteiger partial charge in [-0.15, -0.1) is 0 Å². The number of benzene rings is 2. The number of primary sulfonamides is 1. The summed E-state index contributed by atoms with van der Waals surface area (Å²) in [5.74, 6) is 0.0491. The molecular formula is C17H19FN4O3S. The SMILES string of the molecule is NS(=O)(=O)c1ccc(N2CCN(/C(=N/O)c3ccc(F)cc3)CC2)cc1. The Balaban J connectivity index is 1.67. The smallest absolute Gasteiger partial charge is 0.238 e. The van der Waals surface area contributed by atoms with E-state index in [-0.39, 0.29) is 10.7 Å². The highest BCUT2D eigenvalue weighted by Gasteiger charge is 2.22. The third-order valence-corrected chi connectivity index (χ3v) is 5.24. The van der Waals surface area contributed by atoms with Gasteiger partial charge in [-0.2, -0.15) is 0 Å². The fourth-order valence-corrected chi connectivity index (χ4v) is 3.44. The fourth-order valence-electron chi connectivity index (χ4n) is 2.93. The number of hydrogen-bond donors (Lipinski definition) is 2. The third kappa shape index (κ3) is 3.94. The predicted octanol–water partition coefficient (Wildman–Crippen LogP) is 1.43. The molecule has 1 saturated heterocycles. The molecule has 7 nitrogen and oxygen atoms in total. The Morgan fingerprint density at radius 2 is 1.58 bits per heavy atom. The molecule has 0 saturated carbocycles. The lowest BCUT2D eigenvalue weighted by Gasteiger charge is -2.37. The van der Waals surface area contributed by atoms with E-state index in [1.807, 2.05) is 4.90 Å². The van der Waals surface area contributed by atoms with Crippen molar-refractivity contribution in [3.8, 4) is 0 Å². The van der Waals surface area contributed by atoms with E-state index in [1.165, 1.54) is 24.3 Å². The number of hydrogen-bond acceptors (Lipinski definition) is 5. The van der Waals surface area contributed by atoms with Crippen molar-refractivity contribution in [2.75, 3.05) is 31.1 Å². The Morgan fingerprint density at radius 1 is 1.00 bits per heavy atom. The molecule has 1 heterocycles. The highest BCUT2D eigenvalue weighted by atomic mass is 32.2. The van der Waals surface area contributed by atoms with Crippen LogP contribution in [0, 0.1) is 5.82 Å². The average Bonchev–Trinajstić information content (AvgIpc) is 2.64. The minimum absolute atomic E-state index is 0.0749. The molecule has 2 aromatic carbocycles. The van der Waals surface area contributed by atoms with Gasteiger partial charge in [0, 0.05) is 37.4 Å². The van der Waals surface area contributed by atoms with Gasteiger partial charge in [0.25, 0.3) is 0 Å². The maximum Gasteiger partial charge on any atom is 0.238 e. The lowest BCUT2D eigenvalue weighted by atomic mass is 10.1. The molecule has 1 aliphatic rings. The third-order valence-electron chi connectivity index (χ3n) is 4.31.